The fraction of sp³-hybridized carbons (Fsp3) is 0.556. The third kappa shape index (κ3) is 3.92. The zero-order valence-electron chi connectivity index (χ0n) is 14.2. The van der Waals surface area contributed by atoms with Gasteiger partial charge in [0.25, 0.3) is 0 Å². The molecule has 2 heterocycles. The van der Waals surface area contributed by atoms with Crippen molar-refractivity contribution in [1.29, 1.82) is 0 Å². The quantitative estimate of drug-likeness (QED) is 0.906. The minimum atomic E-state index is 0.0540. The van der Waals surface area contributed by atoms with Crippen LogP contribution in [0.2, 0.25) is 0 Å². The Morgan fingerprint density at radius 2 is 2.00 bits per heavy atom. The number of nitrogens with one attached hydrogen (secondary N) is 1. The highest BCUT2D eigenvalue weighted by atomic mass is 32.2. The zero-order valence-corrected chi connectivity index (χ0v) is 15.0. The van der Waals surface area contributed by atoms with Crippen molar-refractivity contribution >= 4 is 29.3 Å². The molecule has 1 aromatic rings. The maximum Gasteiger partial charge on any atom is 0.227 e. The van der Waals surface area contributed by atoms with Crippen LogP contribution in [0.25, 0.3) is 0 Å². The maximum absolute atomic E-state index is 12.6. The van der Waals surface area contributed by atoms with Crippen LogP contribution < -0.4 is 10.2 Å². The number of anilines is 1. The maximum atomic E-state index is 12.6. The predicted molar refractivity (Wildman–Crippen MR) is 97.4 cm³/mol. The molecule has 0 aromatic heterocycles. The van der Waals surface area contributed by atoms with Gasteiger partial charge in [-0.05, 0) is 32.0 Å². The number of carbonyl (C=O) groups excluding carboxylic acids is 2. The molecule has 1 unspecified atom stereocenters. The molecule has 1 atom stereocenters. The minimum Gasteiger partial charge on any atom is -0.341 e. The average molecular weight is 347 g/mol. The first-order valence-corrected chi connectivity index (χ1v) is 9.65. The van der Waals surface area contributed by atoms with Crippen molar-refractivity contribution in [2.24, 2.45) is 0 Å². The van der Waals surface area contributed by atoms with Gasteiger partial charge in [0.2, 0.25) is 11.8 Å². The van der Waals surface area contributed by atoms with Gasteiger partial charge < -0.3 is 15.1 Å². The molecule has 1 aromatic carbocycles. The van der Waals surface area contributed by atoms with Gasteiger partial charge in [-0.3, -0.25) is 9.59 Å². The van der Waals surface area contributed by atoms with Crippen LogP contribution in [0.15, 0.2) is 29.2 Å². The second-order valence-electron chi connectivity index (χ2n) is 6.33. The fourth-order valence-electron chi connectivity index (χ4n) is 3.37. The summed E-state index contributed by atoms with van der Waals surface area (Å²) in [5.41, 5.74) is 0.986. The molecule has 0 aliphatic carbocycles. The molecule has 6 heteroatoms. The number of amides is 2. The molecule has 0 saturated carbocycles. The molecular weight excluding hydrogens is 322 g/mol. The third-order valence-electron chi connectivity index (χ3n) is 4.76. The third-order valence-corrected chi connectivity index (χ3v) is 5.81. The van der Waals surface area contributed by atoms with Crippen LogP contribution in [-0.2, 0) is 9.59 Å². The van der Waals surface area contributed by atoms with Crippen molar-refractivity contribution < 1.29 is 9.59 Å². The summed E-state index contributed by atoms with van der Waals surface area (Å²) >= 11 is 1.78. The lowest BCUT2D eigenvalue weighted by atomic mass is 10.1. The second kappa shape index (κ2) is 8.03. The number of thioether (sulfide) groups is 1. The first-order chi connectivity index (χ1) is 11.7. The van der Waals surface area contributed by atoms with E-state index in [0.29, 0.717) is 18.9 Å². The Bertz CT molecular complexity index is 608. The number of carbonyl (C=O) groups is 2. The van der Waals surface area contributed by atoms with E-state index in [2.05, 4.69) is 11.4 Å². The summed E-state index contributed by atoms with van der Waals surface area (Å²) in [6.07, 6.45) is 2.74. The van der Waals surface area contributed by atoms with Crippen LogP contribution in [0.5, 0.6) is 0 Å². The highest BCUT2D eigenvalue weighted by molar-refractivity contribution is 7.99. The molecular formula is C18H25N3O2S. The van der Waals surface area contributed by atoms with Gasteiger partial charge in [0.1, 0.15) is 0 Å². The van der Waals surface area contributed by atoms with E-state index >= 15 is 0 Å². The summed E-state index contributed by atoms with van der Waals surface area (Å²) in [6.45, 7) is 2.29. The van der Waals surface area contributed by atoms with E-state index in [-0.39, 0.29) is 11.8 Å². The highest BCUT2D eigenvalue weighted by Gasteiger charge is 2.26. The summed E-state index contributed by atoms with van der Waals surface area (Å²) in [4.78, 5) is 29.9. The highest BCUT2D eigenvalue weighted by Crippen LogP contribution is 2.34. The normalized spacial score (nSPS) is 20.6. The lowest BCUT2D eigenvalue weighted by Gasteiger charge is -2.33. The largest absolute Gasteiger partial charge is 0.341 e. The van der Waals surface area contributed by atoms with Gasteiger partial charge in [0.15, 0.2) is 0 Å². The van der Waals surface area contributed by atoms with E-state index < -0.39 is 0 Å². The zero-order chi connectivity index (χ0) is 16.9. The molecule has 0 bridgehead atoms. The van der Waals surface area contributed by atoms with E-state index in [0.717, 1.165) is 48.8 Å². The summed E-state index contributed by atoms with van der Waals surface area (Å²) in [6, 6.07) is 8.38. The lowest BCUT2D eigenvalue weighted by molar-refractivity contribution is -0.134. The number of fused-ring (bicyclic) bond motifs is 1. The van der Waals surface area contributed by atoms with Crippen LogP contribution >= 0.6 is 11.8 Å². The number of rotatable bonds is 4. The molecule has 0 spiro atoms. The van der Waals surface area contributed by atoms with Gasteiger partial charge in [-0.15, -0.1) is 11.8 Å². The van der Waals surface area contributed by atoms with Crippen molar-refractivity contribution in [1.82, 2.24) is 10.2 Å². The van der Waals surface area contributed by atoms with E-state index in [1.807, 2.05) is 35.0 Å². The molecule has 130 valence electrons. The van der Waals surface area contributed by atoms with Crippen LogP contribution in [0.1, 0.15) is 25.7 Å². The van der Waals surface area contributed by atoms with Gasteiger partial charge >= 0.3 is 0 Å². The number of para-hydroxylation sites is 1. The molecule has 0 radical (unpaired) electrons. The van der Waals surface area contributed by atoms with Crippen LogP contribution in [0.4, 0.5) is 5.69 Å². The van der Waals surface area contributed by atoms with E-state index in [4.69, 9.17) is 0 Å². The van der Waals surface area contributed by atoms with Crippen LogP contribution in [0.3, 0.4) is 0 Å². The van der Waals surface area contributed by atoms with Crippen LogP contribution in [-0.4, -0.2) is 55.2 Å². The van der Waals surface area contributed by atoms with Crippen molar-refractivity contribution in [2.45, 2.75) is 36.6 Å². The van der Waals surface area contributed by atoms with E-state index in [9.17, 15) is 9.59 Å². The molecule has 1 fully saturated rings. The molecule has 1 N–H and O–H groups in total. The van der Waals surface area contributed by atoms with Gasteiger partial charge in [0.05, 0.1) is 5.69 Å². The average Bonchev–Trinajstić information content (AvgIpc) is 2.65. The number of likely N-dealkylation sites (N-methyl/N-ethyl adjacent to an activating group) is 1. The smallest absolute Gasteiger partial charge is 0.227 e. The Morgan fingerprint density at radius 1 is 1.21 bits per heavy atom. The van der Waals surface area contributed by atoms with Crippen LogP contribution in [0, 0.1) is 0 Å². The van der Waals surface area contributed by atoms with Gasteiger partial charge in [-0.2, -0.15) is 0 Å². The first-order valence-electron chi connectivity index (χ1n) is 8.66. The Morgan fingerprint density at radius 3 is 2.83 bits per heavy atom. The van der Waals surface area contributed by atoms with Gasteiger partial charge in [-0.25, -0.2) is 0 Å². The molecule has 2 aliphatic heterocycles. The number of piperidine rings is 1. The number of benzene rings is 1. The Hall–Kier alpha value is -1.53. The van der Waals surface area contributed by atoms with E-state index in [1.165, 1.54) is 0 Å². The molecule has 1 saturated heterocycles. The van der Waals surface area contributed by atoms with E-state index in [1.54, 1.807) is 11.8 Å². The number of nitrogens with zero attached hydrogens (tertiary/aromatic N) is 2. The Kier molecular flexibility index (Phi) is 5.79. The fourth-order valence-corrected chi connectivity index (χ4v) is 4.37. The molecule has 5 nitrogen and oxygen atoms in total. The Labute approximate surface area is 147 Å². The predicted octanol–water partition coefficient (Wildman–Crippen LogP) is 2.12. The van der Waals surface area contributed by atoms with Gasteiger partial charge in [0, 0.05) is 49.2 Å². The minimum absolute atomic E-state index is 0.0540. The summed E-state index contributed by atoms with van der Waals surface area (Å²) in [7, 11) is 1.94. The van der Waals surface area contributed by atoms with Crippen molar-refractivity contribution in [3.8, 4) is 0 Å². The topological polar surface area (TPSA) is 52.7 Å². The van der Waals surface area contributed by atoms with Gasteiger partial charge in [-0.1, -0.05) is 12.1 Å². The lowest BCUT2D eigenvalue weighted by Crippen LogP contribution is -2.47. The number of hydrogen-bond acceptors (Lipinski definition) is 4. The summed E-state index contributed by atoms with van der Waals surface area (Å²) in [5.74, 6) is 1.06. The summed E-state index contributed by atoms with van der Waals surface area (Å²) < 4.78 is 0. The molecule has 3 rings (SSSR count). The summed E-state index contributed by atoms with van der Waals surface area (Å²) in [5, 5.41) is 3.24. The first kappa shape index (κ1) is 17.3. The van der Waals surface area contributed by atoms with Crippen molar-refractivity contribution in [2.75, 3.05) is 37.3 Å². The van der Waals surface area contributed by atoms with Crippen molar-refractivity contribution in [3.05, 3.63) is 24.3 Å². The standard InChI is InChI=1S/C18H25N3O2S/c1-19-14-5-4-10-20(13-14)17(22)8-9-18(23)21-11-12-24-16-7-3-2-6-15(16)21/h2-3,6-7,14,19H,4-5,8-13H2,1H3. The number of likely N-dealkylation sites (tertiary alicyclic amines) is 1. The monoisotopic (exact) mass is 347 g/mol. The SMILES string of the molecule is CNC1CCCN(C(=O)CCC(=O)N2CCSc3ccccc32)C1. The molecule has 2 aliphatic rings. The Balaban J connectivity index is 1.55. The molecule has 24 heavy (non-hydrogen) atoms. The van der Waals surface area contributed by atoms with Crippen molar-refractivity contribution in [3.63, 3.8) is 0 Å². The molecule has 2 amide bonds. The second-order valence-corrected chi connectivity index (χ2v) is 7.47. The number of hydrogen-bond donors (Lipinski definition) is 1.